The van der Waals surface area contributed by atoms with Crippen molar-refractivity contribution in [2.24, 2.45) is 11.0 Å². The Balaban J connectivity index is 2.71. The number of hydrogen-bond acceptors (Lipinski definition) is 3. The number of hydrazone groups is 1. The van der Waals surface area contributed by atoms with Crippen molar-refractivity contribution in [3.8, 4) is 0 Å². The van der Waals surface area contributed by atoms with Gasteiger partial charge in [-0.2, -0.15) is 5.10 Å². The van der Waals surface area contributed by atoms with Crippen LogP contribution in [0.1, 0.15) is 30.6 Å². The molecule has 0 fully saturated rings. The van der Waals surface area contributed by atoms with Crippen LogP contribution in [0.4, 0.5) is 0 Å². The summed E-state index contributed by atoms with van der Waals surface area (Å²) in [6.45, 7) is 7.96. The maximum Gasteiger partial charge on any atom is 0.185 e. The maximum absolute atomic E-state index is 12.1. The van der Waals surface area contributed by atoms with E-state index in [-0.39, 0.29) is 12.3 Å². The molecule has 0 spiro atoms. The molecular formula is C15H19ClN2O. The molecule has 1 aromatic carbocycles. The van der Waals surface area contributed by atoms with Crippen LogP contribution in [0.15, 0.2) is 42.1 Å². The van der Waals surface area contributed by atoms with E-state index >= 15 is 0 Å². The Kier molecular flexibility index (Phi) is 6.30. The summed E-state index contributed by atoms with van der Waals surface area (Å²) in [4.78, 5) is 12.1. The molecule has 1 unspecified atom stereocenters. The van der Waals surface area contributed by atoms with Crippen molar-refractivity contribution in [1.82, 2.24) is 5.01 Å². The largest absolute Gasteiger partial charge is 0.292 e. The summed E-state index contributed by atoms with van der Waals surface area (Å²) in [6, 6.07) is 7.00. The van der Waals surface area contributed by atoms with Gasteiger partial charge in [-0.3, -0.25) is 9.80 Å². The minimum absolute atomic E-state index is 0.0770. The van der Waals surface area contributed by atoms with E-state index in [2.05, 4.69) is 25.5 Å². The van der Waals surface area contributed by atoms with Gasteiger partial charge in [0, 0.05) is 18.0 Å². The third-order valence-electron chi connectivity index (χ3n) is 2.80. The van der Waals surface area contributed by atoms with E-state index in [1.54, 1.807) is 24.3 Å². The molecule has 0 saturated heterocycles. The monoisotopic (exact) mass is 278 g/mol. The fourth-order valence-corrected chi connectivity index (χ4v) is 1.62. The van der Waals surface area contributed by atoms with E-state index in [1.165, 1.54) is 11.2 Å². The van der Waals surface area contributed by atoms with E-state index in [4.69, 9.17) is 11.6 Å². The zero-order chi connectivity index (χ0) is 14.3. The van der Waals surface area contributed by atoms with E-state index < -0.39 is 0 Å². The summed E-state index contributed by atoms with van der Waals surface area (Å²) in [5.41, 5.74) is 0.509. The predicted molar refractivity (Wildman–Crippen MR) is 80.6 cm³/mol. The van der Waals surface area contributed by atoms with Gasteiger partial charge in [0.25, 0.3) is 0 Å². The average molecular weight is 279 g/mol. The third kappa shape index (κ3) is 4.87. The molecular weight excluding hydrogens is 260 g/mol. The molecule has 0 N–H and O–H groups in total. The fourth-order valence-electron chi connectivity index (χ4n) is 1.38. The number of hydrogen-bond donors (Lipinski definition) is 0. The molecule has 1 atom stereocenters. The van der Waals surface area contributed by atoms with Gasteiger partial charge in [0.05, 0.1) is 5.02 Å². The number of nitrogens with zero attached hydrogens (tertiary/aromatic N) is 2. The molecule has 102 valence electrons. The van der Waals surface area contributed by atoms with Crippen LogP contribution in [0.25, 0.3) is 0 Å². The zero-order valence-corrected chi connectivity index (χ0v) is 12.1. The van der Waals surface area contributed by atoms with Crippen LogP contribution in [0.5, 0.6) is 0 Å². The number of carbonyl (C=O) groups is 1. The Labute approximate surface area is 119 Å². The second-order valence-electron chi connectivity index (χ2n) is 4.33. The lowest BCUT2D eigenvalue weighted by Crippen LogP contribution is -2.21. The van der Waals surface area contributed by atoms with Gasteiger partial charge < -0.3 is 0 Å². The molecule has 0 amide bonds. The molecule has 0 aliphatic rings. The summed E-state index contributed by atoms with van der Waals surface area (Å²) in [5.74, 6) is 0.296. The second kappa shape index (κ2) is 7.74. The SMILES string of the molecule is C=CN(CC(=O)c1ccccc1Cl)/N=C\C(C)CC. The molecule has 1 rings (SSSR count). The third-order valence-corrected chi connectivity index (χ3v) is 3.13. The van der Waals surface area contributed by atoms with Crippen molar-refractivity contribution in [2.45, 2.75) is 20.3 Å². The average Bonchev–Trinajstić information content (AvgIpc) is 2.43. The molecule has 3 nitrogen and oxygen atoms in total. The first-order chi connectivity index (χ1) is 9.08. The zero-order valence-electron chi connectivity index (χ0n) is 11.3. The highest BCUT2D eigenvalue weighted by Crippen LogP contribution is 2.16. The molecule has 0 aliphatic heterocycles. The summed E-state index contributed by atoms with van der Waals surface area (Å²) in [5, 5.41) is 6.22. The molecule has 0 aromatic heterocycles. The number of benzene rings is 1. The van der Waals surface area contributed by atoms with E-state index in [0.717, 1.165) is 6.42 Å². The topological polar surface area (TPSA) is 32.7 Å². The maximum atomic E-state index is 12.1. The van der Waals surface area contributed by atoms with Gasteiger partial charge in [0.15, 0.2) is 5.78 Å². The number of rotatable bonds is 7. The lowest BCUT2D eigenvalue weighted by atomic mass is 10.1. The Hall–Kier alpha value is -1.61. The van der Waals surface area contributed by atoms with Crippen molar-refractivity contribution in [1.29, 1.82) is 0 Å². The lowest BCUT2D eigenvalue weighted by Gasteiger charge is -2.14. The van der Waals surface area contributed by atoms with E-state index in [0.29, 0.717) is 16.5 Å². The first-order valence-electron chi connectivity index (χ1n) is 6.29. The Bertz CT molecular complexity index is 471. The van der Waals surface area contributed by atoms with Crippen LogP contribution in [0.3, 0.4) is 0 Å². The van der Waals surface area contributed by atoms with Gasteiger partial charge in [-0.05, 0) is 24.5 Å². The first-order valence-corrected chi connectivity index (χ1v) is 6.67. The van der Waals surface area contributed by atoms with Crippen LogP contribution >= 0.6 is 11.6 Å². The quantitative estimate of drug-likeness (QED) is 0.429. The van der Waals surface area contributed by atoms with Crippen LogP contribution in [0.2, 0.25) is 5.02 Å². The van der Waals surface area contributed by atoms with Crippen LogP contribution < -0.4 is 0 Å². The number of halogens is 1. The summed E-state index contributed by atoms with van der Waals surface area (Å²) < 4.78 is 0. The van der Waals surface area contributed by atoms with Crippen molar-refractivity contribution >= 4 is 23.6 Å². The van der Waals surface area contributed by atoms with Crippen molar-refractivity contribution in [3.63, 3.8) is 0 Å². The number of Topliss-reactive ketones (excluding diaryl/α,β-unsaturated/α-hetero) is 1. The highest BCUT2D eigenvalue weighted by atomic mass is 35.5. The number of ketones is 1. The van der Waals surface area contributed by atoms with Gasteiger partial charge >= 0.3 is 0 Å². The smallest absolute Gasteiger partial charge is 0.185 e. The predicted octanol–water partition coefficient (Wildman–Crippen LogP) is 4.00. The van der Waals surface area contributed by atoms with Crippen molar-refractivity contribution in [3.05, 3.63) is 47.6 Å². The lowest BCUT2D eigenvalue weighted by molar-refractivity contribution is 0.0957. The highest BCUT2D eigenvalue weighted by Gasteiger charge is 2.12. The Morgan fingerprint density at radius 2 is 2.21 bits per heavy atom. The van der Waals surface area contributed by atoms with Crippen molar-refractivity contribution < 1.29 is 4.79 Å². The normalized spacial score (nSPS) is 12.4. The van der Waals surface area contributed by atoms with Gasteiger partial charge in [-0.15, -0.1) is 0 Å². The Morgan fingerprint density at radius 1 is 1.53 bits per heavy atom. The molecule has 4 heteroatoms. The van der Waals surface area contributed by atoms with Crippen molar-refractivity contribution in [2.75, 3.05) is 6.54 Å². The van der Waals surface area contributed by atoms with Gasteiger partial charge in [0.2, 0.25) is 0 Å². The molecule has 19 heavy (non-hydrogen) atoms. The van der Waals surface area contributed by atoms with Gasteiger partial charge in [-0.1, -0.05) is 44.2 Å². The molecule has 0 heterocycles. The molecule has 0 bridgehead atoms. The fraction of sp³-hybridized carbons (Fsp3) is 0.333. The first kappa shape index (κ1) is 15.4. The standard InChI is InChI=1S/C15H19ClN2O/c1-4-12(3)10-17-18(5-2)11-15(19)13-8-6-7-9-14(13)16/h5-10,12H,2,4,11H2,1,3H3/b17-10-. The van der Waals surface area contributed by atoms with Crippen LogP contribution in [-0.4, -0.2) is 23.6 Å². The van der Waals surface area contributed by atoms with Gasteiger partial charge in [0.1, 0.15) is 6.54 Å². The Morgan fingerprint density at radius 3 is 2.79 bits per heavy atom. The van der Waals surface area contributed by atoms with Crippen LogP contribution in [-0.2, 0) is 0 Å². The molecule has 1 aromatic rings. The number of carbonyl (C=O) groups excluding carboxylic acids is 1. The summed E-state index contributed by atoms with van der Waals surface area (Å²) in [7, 11) is 0. The molecule has 0 aliphatic carbocycles. The summed E-state index contributed by atoms with van der Waals surface area (Å²) in [6.07, 6.45) is 4.36. The second-order valence-corrected chi connectivity index (χ2v) is 4.74. The van der Waals surface area contributed by atoms with E-state index in [9.17, 15) is 4.79 Å². The van der Waals surface area contributed by atoms with Gasteiger partial charge in [-0.25, -0.2) is 0 Å². The minimum Gasteiger partial charge on any atom is -0.292 e. The van der Waals surface area contributed by atoms with Crippen LogP contribution in [0, 0.1) is 5.92 Å². The highest BCUT2D eigenvalue weighted by molar-refractivity contribution is 6.34. The summed E-state index contributed by atoms with van der Waals surface area (Å²) >= 11 is 5.99. The van der Waals surface area contributed by atoms with E-state index in [1.807, 2.05) is 6.21 Å². The molecule has 0 radical (unpaired) electrons. The molecule has 0 saturated carbocycles. The minimum atomic E-state index is -0.0770.